The monoisotopic (exact) mass is 420 g/mol. The summed E-state index contributed by atoms with van der Waals surface area (Å²) in [7, 11) is 3.04. The molecule has 8 heteroatoms. The first-order valence-corrected chi connectivity index (χ1v) is 10.1. The summed E-state index contributed by atoms with van der Waals surface area (Å²) in [4.78, 5) is 17.7. The molecule has 0 spiro atoms. The number of thiazole rings is 1. The highest BCUT2D eigenvalue weighted by atomic mass is 32.1. The highest BCUT2D eigenvalue weighted by Crippen LogP contribution is 2.32. The van der Waals surface area contributed by atoms with Crippen LogP contribution in [0.5, 0.6) is 11.5 Å². The predicted molar refractivity (Wildman–Crippen MR) is 117 cm³/mol. The molecule has 0 saturated heterocycles. The second-order valence-electron chi connectivity index (χ2n) is 6.46. The maximum atomic E-state index is 13.0. The van der Waals surface area contributed by atoms with Gasteiger partial charge in [0.1, 0.15) is 5.82 Å². The summed E-state index contributed by atoms with van der Waals surface area (Å²) >= 11 is 1.45. The Hall–Kier alpha value is -3.65. The van der Waals surface area contributed by atoms with Crippen molar-refractivity contribution in [3.05, 3.63) is 71.2 Å². The van der Waals surface area contributed by atoms with Crippen molar-refractivity contribution in [1.82, 2.24) is 14.8 Å². The van der Waals surface area contributed by atoms with Gasteiger partial charge in [0.05, 0.1) is 31.2 Å². The zero-order valence-corrected chi connectivity index (χ0v) is 17.6. The number of nitrogens with zero attached hydrogens (tertiary/aromatic N) is 3. The van der Waals surface area contributed by atoms with E-state index in [0.29, 0.717) is 28.0 Å². The fourth-order valence-corrected chi connectivity index (χ4v) is 3.88. The van der Waals surface area contributed by atoms with E-state index in [2.05, 4.69) is 15.4 Å². The lowest BCUT2D eigenvalue weighted by molar-refractivity contribution is 0.102. The number of para-hydroxylation sites is 1. The van der Waals surface area contributed by atoms with Crippen LogP contribution in [-0.2, 0) is 0 Å². The zero-order chi connectivity index (χ0) is 21.1. The van der Waals surface area contributed by atoms with Crippen LogP contribution >= 0.6 is 11.3 Å². The lowest BCUT2D eigenvalue weighted by Gasteiger charge is -2.12. The Balaban J connectivity index is 1.65. The van der Waals surface area contributed by atoms with E-state index >= 15 is 0 Å². The number of benzene rings is 2. The van der Waals surface area contributed by atoms with Gasteiger partial charge in [-0.2, -0.15) is 9.78 Å². The van der Waals surface area contributed by atoms with Gasteiger partial charge in [0.25, 0.3) is 5.91 Å². The number of carbonyl (C=O) groups is 1. The Morgan fingerprint density at radius 1 is 1.07 bits per heavy atom. The van der Waals surface area contributed by atoms with Gasteiger partial charge in [0, 0.05) is 17.0 Å². The maximum Gasteiger partial charge on any atom is 0.260 e. The molecule has 2 aromatic carbocycles. The van der Waals surface area contributed by atoms with Crippen LogP contribution in [0.1, 0.15) is 16.1 Å². The first-order valence-electron chi connectivity index (χ1n) is 9.21. The number of hydrogen-bond acceptors (Lipinski definition) is 6. The van der Waals surface area contributed by atoms with Gasteiger partial charge in [-0.05, 0) is 19.1 Å². The van der Waals surface area contributed by atoms with Crippen molar-refractivity contribution >= 4 is 23.1 Å². The van der Waals surface area contributed by atoms with E-state index in [1.807, 2.05) is 42.6 Å². The summed E-state index contributed by atoms with van der Waals surface area (Å²) in [6.45, 7) is 1.87. The fraction of sp³-hybridized carbons (Fsp3) is 0.136. The number of anilines is 1. The molecule has 0 aliphatic rings. The second-order valence-corrected chi connectivity index (χ2v) is 7.30. The summed E-state index contributed by atoms with van der Waals surface area (Å²) < 4.78 is 12.3. The Labute approximate surface area is 177 Å². The normalized spacial score (nSPS) is 10.6. The molecular formula is C22H20N4O3S. The van der Waals surface area contributed by atoms with E-state index in [0.717, 1.165) is 17.0 Å². The summed E-state index contributed by atoms with van der Waals surface area (Å²) in [5.41, 5.74) is 3.01. The van der Waals surface area contributed by atoms with E-state index < -0.39 is 0 Å². The number of hydrogen-bond donors (Lipinski definition) is 1. The molecule has 4 rings (SSSR count). The number of amides is 1. The van der Waals surface area contributed by atoms with Crippen molar-refractivity contribution in [2.24, 2.45) is 0 Å². The van der Waals surface area contributed by atoms with Crippen LogP contribution in [-0.4, -0.2) is 34.9 Å². The lowest BCUT2D eigenvalue weighted by Crippen LogP contribution is -2.16. The molecule has 0 aliphatic heterocycles. The molecule has 30 heavy (non-hydrogen) atoms. The fourth-order valence-electron chi connectivity index (χ4n) is 3.09. The summed E-state index contributed by atoms with van der Waals surface area (Å²) in [6.07, 6.45) is 0. The smallest absolute Gasteiger partial charge is 0.260 e. The average molecular weight is 420 g/mol. The van der Waals surface area contributed by atoms with Crippen molar-refractivity contribution in [2.45, 2.75) is 6.92 Å². The van der Waals surface area contributed by atoms with E-state index in [1.54, 1.807) is 28.9 Å². The lowest BCUT2D eigenvalue weighted by atomic mass is 10.1. The molecule has 4 aromatic rings. The maximum absolute atomic E-state index is 13.0. The molecule has 0 aliphatic carbocycles. The van der Waals surface area contributed by atoms with Gasteiger partial charge in [-0.15, -0.1) is 11.3 Å². The molecule has 0 fully saturated rings. The minimum Gasteiger partial charge on any atom is -0.493 e. The van der Waals surface area contributed by atoms with Gasteiger partial charge < -0.3 is 14.8 Å². The number of carbonyl (C=O) groups excluding carboxylic acids is 1. The van der Waals surface area contributed by atoms with Gasteiger partial charge in [-0.1, -0.05) is 36.4 Å². The van der Waals surface area contributed by atoms with Crippen LogP contribution in [0.3, 0.4) is 0 Å². The van der Waals surface area contributed by atoms with Crippen LogP contribution in [0.15, 0.2) is 60.0 Å². The van der Waals surface area contributed by atoms with E-state index in [1.165, 1.54) is 25.6 Å². The minimum atomic E-state index is -0.327. The Morgan fingerprint density at radius 2 is 1.87 bits per heavy atom. The minimum absolute atomic E-state index is 0.327. The van der Waals surface area contributed by atoms with Crippen molar-refractivity contribution in [3.8, 4) is 27.9 Å². The van der Waals surface area contributed by atoms with Gasteiger partial charge in [0.15, 0.2) is 11.5 Å². The number of ether oxygens (including phenoxy) is 2. The molecule has 0 unspecified atom stereocenters. The zero-order valence-electron chi connectivity index (χ0n) is 16.7. The summed E-state index contributed by atoms with van der Waals surface area (Å²) in [6, 6.07) is 16.9. The van der Waals surface area contributed by atoms with Crippen molar-refractivity contribution in [2.75, 3.05) is 19.5 Å². The highest BCUT2D eigenvalue weighted by Gasteiger charge is 2.19. The summed E-state index contributed by atoms with van der Waals surface area (Å²) in [5.74, 6) is 1.06. The molecule has 1 N–H and O–H groups in total. The van der Waals surface area contributed by atoms with Crippen molar-refractivity contribution in [3.63, 3.8) is 0 Å². The average Bonchev–Trinajstić information content (AvgIpc) is 3.40. The van der Waals surface area contributed by atoms with Crippen LogP contribution in [0, 0.1) is 6.92 Å². The number of methoxy groups -OCH3 is 2. The predicted octanol–water partition coefficient (Wildman–Crippen LogP) is 4.57. The molecule has 2 heterocycles. The second kappa shape index (κ2) is 8.38. The molecule has 0 atom stereocenters. The largest absolute Gasteiger partial charge is 0.493 e. The Bertz CT molecular complexity index is 1180. The molecule has 152 valence electrons. The van der Waals surface area contributed by atoms with Gasteiger partial charge >= 0.3 is 0 Å². The molecule has 0 saturated carbocycles. The molecule has 2 aromatic heterocycles. The quantitative estimate of drug-likeness (QED) is 0.494. The van der Waals surface area contributed by atoms with Crippen LogP contribution in [0.2, 0.25) is 0 Å². The number of aryl methyl sites for hydroxylation is 1. The van der Waals surface area contributed by atoms with Crippen LogP contribution in [0.4, 0.5) is 5.82 Å². The third-order valence-electron chi connectivity index (χ3n) is 4.46. The third kappa shape index (κ3) is 3.77. The molecule has 7 nitrogen and oxygen atoms in total. The number of nitrogens with one attached hydrogen (secondary N) is 1. The number of rotatable bonds is 6. The van der Waals surface area contributed by atoms with E-state index in [9.17, 15) is 4.79 Å². The van der Waals surface area contributed by atoms with E-state index in [-0.39, 0.29) is 5.91 Å². The molecule has 0 bridgehead atoms. The van der Waals surface area contributed by atoms with Crippen molar-refractivity contribution in [1.29, 1.82) is 0 Å². The van der Waals surface area contributed by atoms with Gasteiger partial charge in [-0.25, -0.2) is 4.98 Å². The van der Waals surface area contributed by atoms with Crippen LogP contribution in [0.25, 0.3) is 16.4 Å². The first-order chi connectivity index (χ1) is 14.6. The molecule has 0 radical (unpaired) electrons. The van der Waals surface area contributed by atoms with E-state index in [4.69, 9.17) is 9.47 Å². The van der Waals surface area contributed by atoms with Crippen molar-refractivity contribution < 1.29 is 14.3 Å². The highest BCUT2D eigenvalue weighted by molar-refractivity contribution is 7.12. The Kier molecular flexibility index (Phi) is 5.49. The standard InChI is InChI=1S/C22H20N4O3S/c1-14-12-19(24-21(27)16-10-7-11-18(28-2)20(16)29-3)26(25-14)22-23-17(13-30-22)15-8-5-4-6-9-15/h4-13H,1-3H3,(H,24,27). The molecular weight excluding hydrogens is 400 g/mol. The third-order valence-corrected chi connectivity index (χ3v) is 5.28. The topological polar surface area (TPSA) is 78.3 Å². The molecule has 1 amide bonds. The first kappa shape index (κ1) is 19.7. The van der Waals surface area contributed by atoms with Crippen LogP contribution < -0.4 is 14.8 Å². The Morgan fingerprint density at radius 3 is 2.60 bits per heavy atom. The number of aromatic nitrogens is 3. The van der Waals surface area contributed by atoms with Gasteiger partial charge in [-0.3, -0.25) is 4.79 Å². The summed E-state index contributed by atoms with van der Waals surface area (Å²) in [5, 5.41) is 10.1. The SMILES string of the molecule is COc1cccc(C(=O)Nc2cc(C)nn2-c2nc(-c3ccccc3)cs2)c1OC. The van der Waals surface area contributed by atoms with Gasteiger partial charge in [0.2, 0.25) is 5.13 Å².